The Labute approximate surface area is 236 Å². The van der Waals surface area contributed by atoms with Crippen LogP contribution in [0.3, 0.4) is 0 Å². The first kappa shape index (κ1) is 32.6. The van der Waals surface area contributed by atoms with Crippen molar-refractivity contribution in [3.8, 4) is 0 Å². The Kier molecular flexibility index (Phi) is 13.4. The summed E-state index contributed by atoms with van der Waals surface area (Å²) in [7, 11) is 0. The van der Waals surface area contributed by atoms with E-state index in [4.69, 9.17) is 9.47 Å². The van der Waals surface area contributed by atoms with Crippen LogP contribution in [-0.2, 0) is 35.3 Å². The molecule has 0 spiro atoms. The smallest absolute Gasteiger partial charge is 0.407 e. The third-order valence-corrected chi connectivity index (χ3v) is 6.24. The fraction of sp³-hybridized carbons (Fsp3) is 0.621. The molecule has 2 rings (SSSR count). The van der Waals surface area contributed by atoms with Crippen molar-refractivity contribution in [2.24, 2.45) is 5.92 Å². The summed E-state index contributed by atoms with van der Waals surface area (Å²) in [5.74, 6) is -1.54. The van der Waals surface area contributed by atoms with Gasteiger partial charge in [-0.3, -0.25) is 19.2 Å². The summed E-state index contributed by atoms with van der Waals surface area (Å²) in [6.07, 6.45) is 2.48. The predicted octanol–water partition coefficient (Wildman–Crippen LogP) is 2.67. The maximum Gasteiger partial charge on any atom is 0.407 e. The molecule has 2 atom stereocenters. The molecule has 1 fully saturated rings. The summed E-state index contributed by atoms with van der Waals surface area (Å²) in [4.78, 5) is 63.2. The number of rotatable bonds is 13. The first-order valence-electron chi connectivity index (χ1n) is 13.9. The highest BCUT2D eigenvalue weighted by Crippen LogP contribution is 2.19. The van der Waals surface area contributed by atoms with Crippen LogP contribution in [-0.4, -0.2) is 72.5 Å². The number of nitrogens with one attached hydrogen (secondary N) is 3. The second kappa shape index (κ2) is 16.5. The zero-order valence-corrected chi connectivity index (χ0v) is 24.1. The number of hydrogen-bond donors (Lipinski definition) is 3. The van der Waals surface area contributed by atoms with E-state index in [0.717, 1.165) is 5.56 Å². The van der Waals surface area contributed by atoms with Crippen LogP contribution >= 0.6 is 0 Å². The van der Waals surface area contributed by atoms with Crippen molar-refractivity contribution >= 4 is 29.8 Å². The van der Waals surface area contributed by atoms with Gasteiger partial charge in [0, 0.05) is 33.1 Å². The van der Waals surface area contributed by atoms with Crippen molar-refractivity contribution in [1.29, 1.82) is 0 Å². The fourth-order valence-corrected chi connectivity index (χ4v) is 4.33. The van der Waals surface area contributed by atoms with Crippen LogP contribution in [0.4, 0.5) is 4.79 Å². The van der Waals surface area contributed by atoms with Gasteiger partial charge in [-0.25, -0.2) is 4.79 Å². The molecule has 4 amide bonds. The molecule has 1 aromatic carbocycles. The van der Waals surface area contributed by atoms with E-state index < -0.39 is 29.6 Å². The van der Waals surface area contributed by atoms with Crippen LogP contribution in [0.1, 0.15) is 71.8 Å². The van der Waals surface area contributed by atoms with Crippen LogP contribution < -0.4 is 16.0 Å². The Morgan fingerprint density at radius 1 is 1.02 bits per heavy atom. The number of hydrogen-bond acceptors (Lipinski definition) is 7. The van der Waals surface area contributed by atoms with Gasteiger partial charge in [-0.1, -0.05) is 30.3 Å². The Hall–Kier alpha value is -3.63. The molecule has 1 aliphatic heterocycles. The fourth-order valence-electron chi connectivity index (χ4n) is 4.33. The van der Waals surface area contributed by atoms with E-state index in [1.54, 1.807) is 25.7 Å². The van der Waals surface area contributed by atoms with E-state index in [2.05, 4.69) is 16.0 Å². The monoisotopic (exact) mass is 560 g/mol. The number of nitrogens with zero attached hydrogens (tertiary/aromatic N) is 1. The number of amides is 4. The zero-order chi connectivity index (χ0) is 29.5. The number of benzene rings is 1. The van der Waals surface area contributed by atoms with Gasteiger partial charge in [-0.15, -0.1) is 0 Å². The summed E-state index contributed by atoms with van der Waals surface area (Å²) >= 11 is 0. The zero-order valence-electron chi connectivity index (χ0n) is 24.1. The van der Waals surface area contributed by atoms with E-state index in [0.29, 0.717) is 45.2 Å². The van der Waals surface area contributed by atoms with Gasteiger partial charge in [0.25, 0.3) is 0 Å². The lowest BCUT2D eigenvalue weighted by atomic mass is 9.96. The second-order valence-corrected chi connectivity index (χ2v) is 11.0. The van der Waals surface area contributed by atoms with Gasteiger partial charge in [-0.2, -0.15) is 0 Å². The third kappa shape index (κ3) is 12.9. The van der Waals surface area contributed by atoms with Crippen molar-refractivity contribution in [2.45, 2.75) is 84.5 Å². The van der Waals surface area contributed by atoms with Crippen LogP contribution in [0.5, 0.6) is 0 Å². The van der Waals surface area contributed by atoms with Crippen LogP contribution in [0.2, 0.25) is 0 Å². The van der Waals surface area contributed by atoms with Gasteiger partial charge < -0.3 is 30.3 Å². The topological polar surface area (TPSA) is 143 Å². The van der Waals surface area contributed by atoms with Crippen molar-refractivity contribution in [2.75, 3.05) is 26.2 Å². The molecule has 11 nitrogen and oxygen atoms in total. The summed E-state index contributed by atoms with van der Waals surface area (Å²) in [6, 6.07) is 8.65. The maximum absolute atomic E-state index is 13.3. The Bertz CT molecular complexity index is 994. The van der Waals surface area contributed by atoms with E-state index in [1.165, 1.54) is 6.92 Å². The van der Waals surface area contributed by atoms with E-state index in [-0.39, 0.29) is 43.8 Å². The number of ether oxygens (including phenoxy) is 2. The van der Waals surface area contributed by atoms with Gasteiger partial charge in [-0.05, 0) is 58.4 Å². The average Bonchev–Trinajstić information content (AvgIpc) is 2.90. The Balaban J connectivity index is 1.75. The molecule has 1 unspecified atom stereocenters. The summed E-state index contributed by atoms with van der Waals surface area (Å²) in [6.45, 7) is 8.21. The lowest BCUT2D eigenvalue weighted by Crippen LogP contribution is -2.52. The minimum absolute atomic E-state index is 0.0569. The number of carbonyl (C=O) groups excluding carboxylic acids is 5. The van der Waals surface area contributed by atoms with E-state index in [1.807, 2.05) is 30.3 Å². The van der Waals surface area contributed by atoms with Gasteiger partial charge in [0.15, 0.2) is 0 Å². The molecular weight excluding hydrogens is 516 g/mol. The van der Waals surface area contributed by atoms with Crippen molar-refractivity contribution in [1.82, 2.24) is 20.9 Å². The molecule has 222 valence electrons. The number of carbonyl (C=O) groups is 5. The van der Waals surface area contributed by atoms with Gasteiger partial charge >= 0.3 is 12.1 Å². The quantitative estimate of drug-likeness (QED) is 0.249. The highest BCUT2D eigenvalue weighted by atomic mass is 16.6. The highest BCUT2D eigenvalue weighted by Gasteiger charge is 2.32. The molecule has 1 aliphatic rings. The van der Waals surface area contributed by atoms with Gasteiger partial charge in [0.1, 0.15) is 18.2 Å². The second-order valence-electron chi connectivity index (χ2n) is 11.0. The predicted molar refractivity (Wildman–Crippen MR) is 149 cm³/mol. The number of unbranched alkanes of at least 4 members (excludes halogenated alkanes) is 1. The van der Waals surface area contributed by atoms with Crippen LogP contribution in [0.25, 0.3) is 0 Å². The Morgan fingerprint density at radius 2 is 1.75 bits per heavy atom. The molecule has 0 radical (unpaired) electrons. The lowest BCUT2D eigenvalue weighted by molar-refractivity contribution is -0.144. The molecule has 1 aromatic rings. The summed E-state index contributed by atoms with van der Waals surface area (Å²) in [5.41, 5.74) is 0.312. The highest BCUT2D eigenvalue weighted by molar-refractivity contribution is 5.88. The molecule has 1 heterocycles. The first-order chi connectivity index (χ1) is 18.9. The maximum atomic E-state index is 13.3. The molecular formula is C29H44N4O7. The molecule has 40 heavy (non-hydrogen) atoms. The third-order valence-electron chi connectivity index (χ3n) is 6.24. The normalized spacial score (nSPS) is 15.9. The summed E-state index contributed by atoms with van der Waals surface area (Å²) in [5, 5.41) is 8.20. The molecule has 0 bridgehead atoms. The average molecular weight is 561 g/mol. The molecule has 0 saturated carbocycles. The molecule has 11 heteroatoms. The largest absolute Gasteiger partial charge is 0.461 e. The summed E-state index contributed by atoms with van der Waals surface area (Å²) < 4.78 is 10.4. The van der Waals surface area contributed by atoms with E-state index >= 15 is 0 Å². The van der Waals surface area contributed by atoms with Crippen LogP contribution in [0, 0.1) is 5.92 Å². The van der Waals surface area contributed by atoms with Crippen molar-refractivity contribution in [3.63, 3.8) is 0 Å². The molecule has 1 saturated heterocycles. The molecule has 0 aromatic heterocycles. The van der Waals surface area contributed by atoms with Crippen molar-refractivity contribution < 1.29 is 33.4 Å². The number of esters is 1. The van der Waals surface area contributed by atoms with E-state index in [9.17, 15) is 24.0 Å². The number of alkyl carbamates (subject to hydrolysis) is 1. The van der Waals surface area contributed by atoms with Crippen molar-refractivity contribution in [3.05, 3.63) is 35.9 Å². The standard InChI is InChI=1S/C29H44N4O7/c1-21(34)32-24(14-8-9-16-31-28(38)40-29(2,3)4)27(37)33-18-10-13-23(19-33)26(36)30-17-15-25(35)39-20-22-11-6-5-7-12-22/h5-7,11-12,23-24H,8-10,13-20H2,1-4H3,(H,30,36)(H,31,38)(H,32,34)/t23?,24-/m0/s1. The lowest BCUT2D eigenvalue weighted by Gasteiger charge is -2.34. The first-order valence-corrected chi connectivity index (χ1v) is 13.9. The number of piperidine rings is 1. The minimum atomic E-state index is -0.708. The van der Waals surface area contributed by atoms with Crippen LogP contribution in [0.15, 0.2) is 30.3 Å². The SMILES string of the molecule is CC(=O)N[C@@H](CCCCNC(=O)OC(C)(C)C)C(=O)N1CCCC(C(=O)NCCC(=O)OCc2ccccc2)C1. The number of likely N-dealkylation sites (tertiary alicyclic amines) is 1. The molecule has 0 aliphatic carbocycles. The van der Waals surface area contributed by atoms with Gasteiger partial charge in [0.2, 0.25) is 17.7 Å². The van der Waals surface area contributed by atoms with Gasteiger partial charge in [0.05, 0.1) is 12.3 Å². The molecule has 3 N–H and O–H groups in total. The minimum Gasteiger partial charge on any atom is -0.461 e. The Morgan fingerprint density at radius 3 is 2.42 bits per heavy atom.